The van der Waals surface area contributed by atoms with Crippen LogP contribution in [-0.2, 0) is 6.54 Å². The summed E-state index contributed by atoms with van der Waals surface area (Å²) in [6.45, 7) is 0.776. The van der Waals surface area contributed by atoms with Gasteiger partial charge in [-0.15, -0.1) is 11.3 Å². The normalized spacial score (nSPS) is 11.3. The quantitative estimate of drug-likeness (QED) is 0.615. The molecule has 2 heterocycles. The average molecular weight is 305 g/mol. The molecule has 0 spiro atoms. The summed E-state index contributed by atoms with van der Waals surface area (Å²) in [5, 5.41) is 3.91. The Balaban J connectivity index is 2.09. The van der Waals surface area contributed by atoms with Gasteiger partial charge in [-0.1, -0.05) is 24.3 Å². The van der Waals surface area contributed by atoms with Gasteiger partial charge in [-0.25, -0.2) is 0 Å². The van der Waals surface area contributed by atoms with E-state index < -0.39 is 5.91 Å². The maximum Gasteiger partial charge on any atom is 0.249 e. The molecule has 2 aromatic carbocycles. The van der Waals surface area contributed by atoms with Crippen molar-refractivity contribution in [3.63, 3.8) is 0 Å². The van der Waals surface area contributed by atoms with Crippen LogP contribution in [-0.4, -0.2) is 10.5 Å². The molecule has 2 N–H and O–H groups in total. The maximum absolute atomic E-state index is 11.8. The van der Waals surface area contributed by atoms with Gasteiger partial charge in [0.2, 0.25) is 5.91 Å². The number of hydrogen-bond donors (Lipinski definition) is 1. The highest BCUT2D eigenvalue weighted by Gasteiger charge is 2.16. The molecule has 4 heteroatoms. The Bertz CT molecular complexity index is 983. The Morgan fingerprint density at radius 2 is 2.00 bits per heavy atom. The number of primary amides is 1. The molecule has 22 heavy (non-hydrogen) atoms. The fourth-order valence-electron chi connectivity index (χ4n) is 2.94. The number of hydrogen-bond acceptors (Lipinski definition) is 2. The number of nitrogens with zero attached hydrogens (tertiary/aromatic N) is 1. The highest BCUT2D eigenvalue weighted by molar-refractivity contribution is 7.09. The van der Waals surface area contributed by atoms with E-state index in [-0.39, 0.29) is 0 Å². The molecule has 0 atom stereocenters. The first kappa shape index (κ1) is 13.1. The van der Waals surface area contributed by atoms with Crippen LogP contribution in [0.25, 0.3) is 21.8 Å². The smallest absolute Gasteiger partial charge is 0.249 e. The first-order valence-corrected chi connectivity index (χ1v) is 7.87. The summed E-state index contributed by atoms with van der Waals surface area (Å²) < 4.78 is 2.22. The monoisotopic (exact) mass is 305 g/mol. The van der Waals surface area contributed by atoms with Gasteiger partial charge in [0.1, 0.15) is 0 Å². The number of amides is 1. The summed E-state index contributed by atoms with van der Waals surface area (Å²) >= 11 is 1.73. The topological polar surface area (TPSA) is 48.0 Å². The Morgan fingerprint density at radius 3 is 2.77 bits per heavy atom. The number of rotatable bonds is 3. The largest absolute Gasteiger partial charge is 0.366 e. The predicted octanol–water partition coefficient (Wildman–Crippen LogP) is 3.80. The average Bonchev–Trinajstić information content (AvgIpc) is 3.15. The van der Waals surface area contributed by atoms with Gasteiger partial charge in [0, 0.05) is 21.2 Å². The molecule has 1 amide bonds. The fourth-order valence-corrected chi connectivity index (χ4v) is 3.64. The van der Waals surface area contributed by atoms with Crippen LogP contribution < -0.4 is 5.73 Å². The van der Waals surface area contributed by atoms with E-state index >= 15 is 0 Å². The molecule has 0 aliphatic carbocycles. The van der Waals surface area contributed by atoms with Gasteiger partial charge in [0.15, 0.2) is 0 Å². The van der Waals surface area contributed by atoms with E-state index in [0.29, 0.717) is 5.56 Å². The van der Waals surface area contributed by atoms with Gasteiger partial charge in [0.25, 0.3) is 0 Å². The van der Waals surface area contributed by atoms with Crippen LogP contribution in [0, 0.1) is 6.07 Å². The van der Waals surface area contributed by atoms with E-state index in [4.69, 9.17) is 5.73 Å². The van der Waals surface area contributed by atoms with Crippen LogP contribution in [0.3, 0.4) is 0 Å². The number of thiophene rings is 1. The maximum atomic E-state index is 11.8. The molecule has 0 unspecified atom stereocenters. The standard InChI is InChI=1S/C18H13N2OS/c19-18(21)14-7-3-9-16-17(14)13-6-1-2-8-15(13)20(16)11-12-5-4-10-22-12/h1-5,7-10H,11H2,(H2,19,21). The highest BCUT2D eigenvalue weighted by Crippen LogP contribution is 2.32. The molecule has 1 radical (unpaired) electrons. The van der Waals surface area contributed by atoms with Gasteiger partial charge < -0.3 is 10.3 Å². The molecule has 0 saturated heterocycles. The first-order chi connectivity index (χ1) is 10.8. The van der Waals surface area contributed by atoms with E-state index in [1.807, 2.05) is 24.3 Å². The molecule has 0 aliphatic heterocycles. The molecule has 0 aliphatic rings. The van der Waals surface area contributed by atoms with Crippen molar-refractivity contribution in [2.75, 3.05) is 0 Å². The Labute approximate surface area is 131 Å². The summed E-state index contributed by atoms with van der Waals surface area (Å²) in [6, 6.07) is 19.0. The van der Waals surface area contributed by atoms with Gasteiger partial charge in [-0.3, -0.25) is 4.79 Å². The SMILES string of the molecule is NC(=O)c1cccc2c1c1[c]cccc1n2Cc1cccs1. The van der Waals surface area contributed by atoms with Crippen LogP contribution in [0.15, 0.2) is 53.9 Å². The molecule has 2 aromatic heterocycles. The number of fused-ring (bicyclic) bond motifs is 3. The highest BCUT2D eigenvalue weighted by atomic mass is 32.1. The van der Waals surface area contributed by atoms with E-state index in [1.165, 1.54) is 4.88 Å². The van der Waals surface area contributed by atoms with Gasteiger partial charge in [0.05, 0.1) is 17.6 Å². The number of carbonyl (C=O) groups is 1. The van der Waals surface area contributed by atoms with Crippen molar-refractivity contribution in [2.24, 2.45) is 5.73 Å². The number of aromatic nitrogens is 1. The van der Waals surface area contributed by atoms with Crippen molar-refractivity contribution in [1.82, 2.24) is 4.57 Å². The van der Waals surface area contributed by atoms with Crippen LogP contribution in [0.4, 0.5) is 0 Å². The van der Waals surface area contributed by atoms with Crippen LogP contribution >= 0.6 is 11.3 Å². The summed E-state index contributed by atoms with van der Waals surface area (Å²) in [5.41, 5.74) is 8.19. The fraction of sp³-hybridized carbons (Fsp3) is 0.0556. The second-order valence-corrected chi connectivity index (χ2v) is 6.19. The minimum absolute atomic E-state index is 0.405. The van der Waals surface area contributed by atoms with Crippen molar-refractivity contribution in [2.45, 2.75) is 6.54 Å². The molecule has 0 saturated carbocycles. The lowest BCUT2D eigenvalue weighted by Gasteiger charge is -2.06. The van der Waals surface area contributed by atoms with Crippen molar-refractivity contribution in [3.8, 4) is 0 Å². The molecule has 107 valence electrons. The zero-order valence-electron chi connectivity index (χ0n) is 11.7. The molecule has 3 nitrogen and oxygen atoms in total. The summed E-state index contributed by atoms with van der Waals surface area (Å²) in [5.74, 6) is -0.405. The van der Waals surface area contributed by atoms with E-state index in [0.717, 1.165) is 28.4 Å². The summed E-state index contributed by atoms with van der Waals surface area (Å²) in [7, 11) is 0. The van der Waals surface area contributed by atoms with Crippen LogP contribution in [0.5, 0.6) is 0 Å². The summed E-state index contributed by atoms with van der Waals surface area (Å²) in [4.78, 5) is 13.1. The lowest BCUT2D eigenvalue weighted by Crippen LogP contribution is -2.11. The Kier molecular flexibility index (Phi) is 2.98. The third-order valence-corrected chi connectivity index (χ3v) is 4.73. The molecular weight excluding hydrogens is 292 g/mol. The Morgan fingerprint density at radius 1 is 1.14 bits per heavy atom. The minimum Gasteiger partial charge on any atom is -0.366 e. The molecule has 4 rings (SSSR count). The minimum atomic E-state index is -0.405. The van der Waals surface area contributed by atoms with Crippen LogP contribution in [0.1, 0.15) is 15.2 Å². The molecule has 4 aromatic rings. The zero-order valence-corrected chi connectivity index (χ0v) is 12.6. The number of carbonyl (C=O) groups excluding carboxylic acids is 1. The third-order valence-electron chi connectivity index (χ3n) is 3.87. The predicted molar refractivity (Wildman–Crippen MR) is 90.2 cm³/mol. The Hall–Kier alpha value is -2.59. The second kappa shape index (κ2) is 5.00. The van der Waals surface area contributed by atoms with Crippen molar-refractivity contribution < 1.29 is 4.79 Å². The zero-order chi connectivity index (χ0) is 15.1. The molecule has 0 fully saturated rings. The van der Waals surface area contributed by atoms with E-state index in [9.17, 15) is 4.79 Å². The third kappa shape index (κ3) is 1.92. The molecule has 0 bridgehead atoms. The van der Waals surface area contributed by atoms with Crippen molar-refractivity contribution in [1.29, 1.82) is 0 Å². The second-order valence-electron chi connectivity index (χ2n) is 5.16. The summed E-state index contributed by atoms with van der Waals surface area (Å²) in [6.07, 6.45) is 0. The van der Waals surface area contributed by atoms with Crippen molar-refractivity contribution in [3.05, 3.63) is 70.4 Å². The first-order valence-electron chi connectivity index (χ1n) is 6.99. The van der Waals surface area contributed by atoms with Crippen molar-refractivity contribution >= 4 is 39.0 Å². The van der Waals surface area contributed by atoms with Crippen LogP contribution in [0.2, 0.25) is 0 Å². The number of nitrogens with two attached hydrogens (primary N) is 1. The lowest BCUT2D eigenvalue weighted by atomic mass is 10.1. The lowest BCUT2D eigenvalue weighted by molar-refractivity contribution is 0.100. The van der Waals surface area contributed by atoms with Gasteiger partial charge in [-0.2, -0.15) is 0 Å². The van der Waals surface area contributed by atoms with Gasteiger partial charge >= 0.3 is 0 Å². The number of benzene rings is 2. The van der Waals surface area contributed by atoms with E-state index in [1.54, 1.807) is 17.4 Å². The molecular formula is C18H13N2OS. The van der Waals surface area contributed by atoms with E-state index in [2.05, 4.69) is 34.2 Å². The van der Waals surface area contributed by atoms with Gasteiger partial charge in [-0.05, 0) is 35.7 Å².